The van der Waals surface area contributed by atoms with E-state index in [1.165, 1.54) is 16.7 Å². The molecule has 33 heavy (non-hydrogen) atoms. The van der Waals surface area contributed by atoms with Crippen LogP contribution in [-0.2, 0) is 14.4 Å². The zero-order chi connectivity index (χ0) is 24.7. The van der Waals surface area contributed by atoms with Gasteiger partial charge in [0, 0.05) is 0 Å². The molecule has 0 unspecified atom stereocenters. The normalized spacial score (nSPS) is 17.2. The van der Waals surface area contributed by atoms with Gasteiger partial charge in [-0.2, -0.15) is 11.8 Å². The summed E-state index contributed by atoms with van der Waals surface area (Å²) in [6.07, 6.45) is 2.46. The van der Waals surface area contributed by atoms with Crippen LogP contribution in [0.5, 0.6) is 0 Å². The van der Waals surface area contributed by atoms with Gasteiger partial charge in [-0.15, -0.1) is 0 Å². The van der Waals surface area contributed by atoms with E-state index in [4.69, 9.17) is 0 Å². The van der Waals surface area contributed by atoms with Crippen LogP contribution in [0.3, 0.4) is 0 Å². The van der Waals surface area contributed by atoms with Crippen molar-refractivity contribution in [2.45, 2.75) is 58.7 Å². The minimum Gasteiger partial charge on any atom is -0.480 e. The summed E-state index contributed by atoms with van der Waals surface area (Å²) in [4.78, 5) is 52.2. The van der Waals surface area contributed by atoms with Gasteiger partial charge in [-0.25, -0.2) is 9.59 Å². The quantitative estimate of drug-likeness (QED) is 0.409. The molecule has 9 nitrogen and oxygen atoms in total. The van der Waals surface area contributed by atoms with Gasteiger partial charge >= 0.3 is 12.0 Å². The standard InChI is InChI=1S/C23H34N4O5S/c1-13(2)12-17(20(28)25-16(22(30)31)10-11-33-5)26-23(32)27-18-9-7-6-8-15(18)24-21(29)19(27)14(3)4/h6-9,13-14,16-17,19H,10-12H2,1-5H3,(H,24,29)(H,25,28)(H,26,32)(H,30,31)/t16-,17+,19+/m0/s1. The van der Waals surface area contributed by atoms with Crippen LogP contribution in [0.25, 0.3) is 0 Å². The molecule has 0 spiro atoms. The summed E-state index contributed by atoms with van der Waals surface area (Å²) >= 11 is 1.49. The van der Waals surface area contributed by atoms with Gasteiger partial charge in [0.15, 0.2) is 0 Å². The number of fused-ring (bicyclic) bond motifs is 1. The Kier molecular flexibility index (Phi) is 9.57. The minimum atomic E-state index is -1.12. The van der Waals surface area contributed by atoms with Crippen LogP contribution in [0.4, 0.5) is 16.2 Å². The van der Waals surface area contributed by atoms with Gasteiger partial charge in [-0.3, -0.25) is 14.5 Å². The van der Waals surface area contributed by atoms with Gasteiger partial charge in [-0.05, 0) is 48.8 Å². The monoisotopic (exact) mass is 478 g/mol. The number of thioether (sulfide) groups is 1. The molecule has 0 saturated heterocycles. The van der Waals surface area contributed by atoms with Crippen molar-refractivity contribution >= 4 is 47.0 Å². The number of hydrogen-bond donors (Lipinski definition) is 4. The molecule has 0 aromatic heterocycles. The van der Waals surface area contributed by atoms with Crippen LogP contribution >= 0.6 is 11.8 Å². The van der Waals surface area contributed by atoms with E-state index < -0.39 is 36.0 Å². The van der Waals surface area contributed by atoms with Crippen LogP contribution in [0, 0.1) is 11.8 Å². The first-order valence-corrected chi connectivity index (χ1v) is 12.5. The van der Waals surface area contributed by atoms with Crippen molar-refractivity contribution in [3.8, 4) is 0 Å². The fourth-order valence-corrected chi connectivity index (χ4v) is 4.26. The molecule has 1 heterocycles. The molecule has 0 radical (unpaired) electrons. The molecule has 2 rings (SSSR count). The lowest BCUT2D eigenvalue weighted by atomic mass is 9.97. The van der Waals surface area contributed by atoms with E-state index in [-0.39, 0.29) is 24.2 Å². The van der Waals surface area contributed by atoms with E-state index in [2.05, 4.69) is 16.0 Å². The van der Waals surface area contributed by atoms with Crippen molar-refractivity contribution in [2.75, 3.05) is 22.2 Å². The highest BCUT2D eigenvalue weighted by molar-refractivity contribution is 7.98. The van der Waals surface area contributed by atoms with Gasteiger partial charge in [0.2, 0.25) is 11.8 Å². The Morgan fingerprint density at radius 1 is 1.12 bits per heavy atom. The highest BCUT2D eigenvalue weighted by Gasteiger charge is 2.40. The van der Waals surface area contributed by atoms with Crippen molar-refractivity contribution in [3.63, 3.8) is 0 Å². The Balaban J connectivity index is 2.30. The summed E-state index contributed by atoms with van der Waals surface area (Å²) in [5, 5.41) is 17.6. The predicted octanol–water partition coefficient (Wildman–Crippen LogP) is 2.92. The Morgan fingerprint density at radius 2 is 1.79 bits per heavy atom. The minimum absolute atomic E-state index is 0.0633. The average molecular weight is 479 g/mol. The number of hydrogen-bond acceptors (Lipinski definition) is 5. The molecule has 0 fully saturated rings. The first-order valence-electron chi connectivity index (χ1n) is 11.1. The molecule has 0 aliphatic carbocycles. The van der Waals surface area contributed by atoms with Crippen LogP contribution in [0.15, 0.2) is 24.3 Å². The molecule has 4 amide bonds. The summed E-state index contributed by atoms with van der Waals surface area (Å²) in [7, 11) is 0. The summed E-state index contributed by atoms with van der Waals surface area (Å²) in [6.45, 7) is 7.52. The first kappa shape index (κ1) is 26.5. The highest BCUT2D eigenvalue weighted by Crippen LogP contribution is 2.34. The largest absolute Gasteiger partial charge is 0.480 e. The number of aliphatic carboxylic acids is 1. The van der Waals surface area contributed by atoms with Gasteiger partial charge in [0.05, 0.1) is 11.4 Å². The number of rotatable bonds is 10. The first-order chi connectivity index (χ1) is 15.6. The highest BCUT2D eigenvalue weighted by atomic mass is 32.2. The summed E-state index contributed by atoms with van der Waals surface area (Å²) in [5.41, 5.74) is 1.06. The van der Waals surface area contributed by atoms with Gasteiger partial charge in [-0.1, -0.05) is 39.8 Å². The summed E-state index contributed by atoms with van der Waals surface area (Å²) in [5.74, 6) is -1.51. The SMILES string of the molecule is CSCC[C@H](NC(=O)[C@@H](CC(C)C)NC(=O)N1c2ccccc2NC(=O)[C@H]1C(C)C)C(=O)O. The number of carbonyl (C=O) groups excluding carboxylic acids is 3. The van der Waals surface area contributed by atoms with Gasteiger partial charge in [0.1, 0.15) is 18.1 Å². The second-order valence-corrected chi connectivity index (χ2v) is 9.86. The molecule has 1 aromatic carbocycles. The average Bonchev–Trinajstić information content (AvgIpc) is 2.74. The molecular weight excluding hydrogens is 444 g/mol. The molecular formula is C23H34N4O5S. The van der Waals surface area contributed by atoms with Crippen molar-refractivity contribution in [1.29, 1.82) is 0 Å². The van der Waals surface area contributed by atoms with Gasteiger partial charge < -0.3 is 21.1 Å². The molecule has 182 valence electrons. The molecule has 10 heteroatoms. The zero-order valence-electron chi connectivity index (χ0n) is 19.8. The summed E-state index contributed by atoms with van der Waals surface area (Å²) in [6, 6.07) is 3.68. The van der Waals surface area contributed by atoms with Crippen LogP contribution < -0.4 is 20.9 Å². The van der Waals surface area contributed by atoms with Crippen LogP contribution in [-0.4, -0.2) is 59.1 Å². The number of benzene rings is 1. The maximum absolute atomic E-state index is 13.4. The second kappa shape index (κ2) is 11.9. The Morgan fingerprint density at radius 3 is 2.36 bits per heavy atom. The van der Waals surface area contributed by atoms with E-state index >= 15 is 0 Å². The second-order valence-electron chi connectivity index (χ2n) is 8.88. The van der Waals surface area contributed by atoms with Crippen molar-refractivity contribution in [3.05, 3.63) is 24.3 Å². The van der Waals surface area contributed by atoms with E-state index in [9.17, 15) is 24.3 Å². The number of carboxylic acids is 1. The van der Waals surface area contributed by atoms with Gasteiger partial charge in [0.25, 0.3) is 0 Å². The van der Waals surface area contributed by atoms with E-state index in [0.717, 1.165) is 0 Å². The lowest BCUT2D eigenvalue weighted by Crippen LogP contribution is -2.60. The number of carboxylic acid groups (broad SMARTS) is 1. The molecule has 1 aromatic rings. The predicted molar refractivity (Wildman–Crippen MR) is 131 cm³/mol. The molecule has 0 saturated carbocycles. The number of nitrogens with zero attached hydrogens (tertiary/aromatic N) is 1. The molecule has 4 N–H and O–H groups in total. The summed E-state index contributed by atoms with van der Waals surface area (Å²) < 4.78 is 0. The van der Waals surface area contributed by atoms with E-state index in [1.54, 1.807) is 24.3 Å². The van der Waals surface area contributed by atoms with E-state index in [1.807, 2.05) is 34.0 Å². The smallest absolute Gasteiger partial charge is 0.326 e. The maximum atomic E-state index is 13.4. The molecule has 1 aliphatic rings. The van der Waals surface area contributed by atoms with Crippen molar-refractivity contribution < 1.29 is 24.3 Å². The maximum Gasteiger partial charge on any atom is 0.326 e. The Hall–Kier alpha value is -2.75. The topological polar surface area (TPSA) is 128 Å². The number of para-hydroxylation sites is 2. The number of carbonyl (C=O) groups is 4. The number of urea groups is 1. The number of amides is 4. The third-order valence-electron chi connectivity index (χ3n) is 5.37. The van der Waals surface area contributed by atoms with Crippen molar-refractivity contribution in [1.82, 2.24) is 10.6 Å². The Bertz CT molecular complexity index is 876. The third-order valence-corrected chi connectivity index (χ3v) is 6.01. The lowest BCUT2D eigenvalue weighted by molar-refractivity contribution is -0.142. The number of anilines is 2. The lowest BCUT2D eigenvalue weighted by Gasteiger charge is -2.39. The molecule has 3 atom stereocenters. The van der Waals surface area contributed by atoms with Crippen LogP contribution in [0.1, 0.15) is 40.5 Å². The zero-order valence-corrected chi connectivity index (χ0v) is 20.6. The molecule has 1 aliphatic heterocycles. The fourth-order valence-electron chi connectivity index (χ4n) is 3.79. The number of nitrogens with one attached hydrogen (secondary N) is 3. The van der Waals surface area contributed by atoms with E-state index in [0.29, 0.717) is 23.5 Å². The third kappa shape index (κ3) is 6.86. The van der Waals surface area contributed by atoms with Crippen LogP contribution in [0.2, 0.25) is 0 Å². The fraction of sp³-hybridized carbons (Fsp3) is 0.565. The molecule has 0 bridgehead atoms. The van der Waals surface area contributed by atoms with Crippen molar-refractivity contribution in [2.24, 2.45) is 11.8 Å². The Labute approximate surface area is 199 Å².